The summed E-state index contributed by atoms with van der Waals surface area (Å²) in [6.45, 7) is 7.17. The quantitative estimate of drug-likeness (QED) is 0.786. The highest BCUT2D eigenvalue weighted by Gasteiger charge is 2.68. The molecule has 3 saturated carbocycles. The standard InChI is InChI=1S/C18H27BN2O3S/c1-17(2)11-7-13(17)18(3)14(8-11)23-19(24-18)15(10-20)21-16(22)9-12-5-4-6-25-12/h4-6,11,13-15H,7-10,20H2,1-3H3,(H,21,22)/t11-,13-,14+,15-,18-/m0/s1. The molecule has 3 N–H and O–H groups in total. The third kappa shape index (κ3) is 2.76. The second-order valence-corrected chi connectivity index (χ2v) is 9.54. The van der Waals surface area contributed by atoms with Crippen molar-refractivity contribution < 1.29 is 14.1 Å². The van der Waals surface area contributed by atoms with Gasteiger partial charge >= 0.3 is 7.12 Å². The number of nitrogens with two attached hydrogens (primary N) is 1. The van der Waals surface area contributed by atoms with Gasteiger partial charge in [0.25, 0.3) is 0 Å². The van der Waals surface area contributed by atoms with Crippen LogP contribution in [-0.2, 0) is 20.5 Å². The van der Waals surface area contributed by atoms with E-state index >= 15 is 0 Å². The van der Waals surface area contributed by atoms with Crippen molar-refractivity contribution in [1.29, 1.82) is 0 Å². The molecule has 1 aromatic rings. The van der Waals surface area contributed by atoms with Gasteiger partial charge in [-0.05, 0) is 48.5 Å². The van der Waals surface area contributed by atoms with Crippen LogP contribution in [0.15, 0.2) is 17.5 Å². The monoisotopic (exact) mass is 362 g/mol. The van der Waals surface area contributed by atoms with Crippen LogP contribution in [0, 0.1) is 17.3 Å². The van der Waals surface area contributed by atoms with Gasteiger partial charge in [-0.1, -0.05) is 19.9 Å². The van der Waals surface area contributed by atoms with Crippen molar-refractivity contribution in [3.63, 3.8) is 0 Å². The molecule has 4 fully saturated rings. The summed E-state index contributed by atoms with van der Waals surface area (Å²) in [5, 5.41) is 4.99. The second kappa shape index (κ2) is 6.08. The van der Waals surface area contributed by atoms with Crippen molar-refractivity contribution in [2.24, 2.45) is 23.0 Å². The van der Waals surface area contributed by atoms with E-state index in [0.717, 1.165) is 11.3 Å². The van der Waals surface area contributed by atoms with Crippen LogP contribution < -0.4 is 11.1 Å². The van der Waals surface area contributed by atoms with Gasteiger partial charge in [0.15, 0.2) is 0 Å². The molecular formula is C18H27BN2O3S. The van der Waals surface area contributed by atoms with Crippen molar-refractivity contribution in [1.82, 2.24) is 5.32 Å². The first-order valence-electron chi connectivity index (χ1n) is 9.19. The highest BCUT2D eigenvalue weighted by Crippen LogP contribution is 2.65. The molecule has 3 aliphatic carbocycles. The summed E-state index contributed by atoms with van der Waals surface area (Å²) in [4.78, 5) is 13.4. The van der Waals surface area contributed by atoms with Gasteiger partial charge in [-0.25, -0.2) is 0 Å². The molecule has 7 heteroatoms. The lowest BCUT2D eigenvalue weighted by Gasteiger charge is -2.64. The second-order valence-electron chi connectivity index (χ2n) is 8.50. The Balaban J connectivity index is 1.42. The largest absolute Gasteiger partial charge is 0.483 e. The maximum Gasteiger partial charge on any atom is 0.483 e. The van der Waals surface area contributed by atoms with Crippen LogP contribution in [0.5, 0.6) is 0 Å². The summed E-state index contributed by atoms with van der Waals surface area (Å²) in [5.41, 5.74) is 5.97. The fourth-order valence-electron chi connectivity index (χ4n) is 5.14. The molecule has 0 aromatic carbocycles. The Labute approximate surface area is 153 Å². The Morgan fingerprint density at radius 2 is 2.28 bits per heavy atom. The lowest BCUT2D eigenvalue weighted by molar-refractivity contribution is -0.199. The predicted molar refractivity (Wildman–Crippen MR) is 99.1 cm³/mol. The van der Waals surface area contributed by atoms with Gasteiger partial charge in [-0.3, -0.25) is 4.79 Å². The Morgan fingerprint density at radius 3 is 2.92 bits per heavy atom. The molecule has 2 bridgehead atoms. The van der Waals surface area contributed by atoms with E-state index in [4.69, 9.17) is 15.0 Å². The lowest BCUT2D eigenvalue weighted by Crippen LogP contribution is -2.65. The molecule has 1 saturated heterocycles. The molecule has 1 aromatic heterocycles. The van der Waals surface area contributed by atoms with E-state index in [0.29, 0.717) is 30.2 Å². The molecule has 136 valence electrons. The minimum absolute atomic E-state index is 0.0326. The number of rotatable bonds is 5. The Kier molecular flexibility index (Phi) is 4.26. The number of carbonyl (C=O) groups is 1. The van der Waals surface area contributed by atoms with Crippen LogP contribution in [-0.4, -0.2) is 37.2 Å². The highest BCUT2D eigenvalue weighted by atomic mass is 32.1. The molecule has 0 unspecified atom stereocenters. The maximum atomic E-state index is 12.3. The first-order chi connectivity index (χ1) is 11.8. The first kappa shape index (κ1) is 17.5. The van der Waals surface area contributed by atoms with Crippen molar-refractivity contribution in [3.05, 3.63) is 22.4 Å². The number of hydrogen-bond acceptors (Lipinski definition) is 5. The molecular weight excluding hydrogens is 335 g/mol. The highest BCUT2D eigenvalue weighted by molar-refractivity contribution is 7.10. The molecule has 5 nitrogen and oxygen atoms in total. The summed E-state index contributed by atoms with van der Waals surface area (Å²) < 4.78 is 12.7. The van der Waals surface area contributed by atoms with Crippen LogP contribution >= 0.6 is 11.3 Å². The first-order valence-corrected chi connectivity index (χ1v) is 10.1. The Hall–Kier alpha value is -0.885. The summed E-state index contributed by atoms with van der Waals surface area (Å²) in [7, 11) is -0.456. The van der Waals surface area contributed by atoms with Crippen molar-refractivity contribution in [2.75, 3.05) is 6.54 Å². The van der Waals surface area contributed by atoms with E-state index < -0.39 is 7.12 Å². The van der Waals surface area contributed by atoms with E-state index in [1.807, 2.05) is 17.5 Å². The Bertz CT molecular complexity index is 653. The average Bonchev–Trinajstić information content (AvgIpc) is 3.18. The fourth-order valence-corrected chi connectivity index (χ4v) is 5.84. The van der Waals surface area contributed by atoms with Gasteiger partial charge in [0, 0.05) is 11.4 Å². The zero-order valence-corrected chi connectivity index (χ0v) is 16.0. The van der Waals surface area contributed by atoms with Gasteiger partial charge in [0.1, 0.15) is 0 Å². The smallest absolute Gasteiger partial charge is 0.404 e. The minimum atomic E-state index is -0.456. The molecule has 0 radical (unpaired) electrons. The predicted octanol–water partition coefficient (Wildman–Crippen LogP) is 2.00. The zero-order valence-electron chi connectivity index (χ0n) is 15.2. The van der Waals surface area contributed by atoms with Crippen LogP contribution in [0.1, 0.15) is 38.5 Å². The van der Waals surface area contributed by atoms with Crippen molar-refractivity contribution in [3.8, 4) is 0 Å². The third-order valence-electron chi connectivity index (χ3n) is 6.81. The normalized spacial score (nSPS) is 36.5. The van der Waals surface area contributed by atoms with Crippen LogP contribution in [0.2, 0.25) is 0 Å². The summed E-state index contributed by atoms with van der Waals surface area (Å²) in [6.07, 6.45) is 2.74. The summed E-state index contributed by atoms with van der Waals surface area (Å²) in [5.74, 6) is 0.876. The molecule has 1 amide bonds. The van der Waals surface area contributed by atoms with Crippen molar-refractivity contribution >= 4 is 24.4 Å². The van der Waals surface area contributed by atoms with E-state index in [1.54, 1.807) is 11.3 Å². The summed E-state index contributed by atoms with van der Waals surface area (Å²) in [6, 6.07) is 3.92. The van der Waals surface area contributed by atoms with Gasteiger partial charge in [0.2, 0.25) is 5.91 Å². The van der Waals surface area contributed by atoms with E-state index in [1.165, 1.54) is 6.42 Å². The molecule has 0 spiro atoms. The number of hydrogen-bond donors (Lipinski definition) is 2. The van der Waals surface area contributed by atoms with Crippen LogP contribution in [0.4, 0.5) is 0 Å². The zero-order chi connectivity index (χ0) is 17.8. The number of carbonyl (C=O) groups excluding carboxylic acids is 1. The van der Waals surface area contributed by atoms with E-state index in [2.05, 4.69) is 26.1 Å². The molecule has 5 rings (SSSR count). The van der Waals surface area contributed by atoms with Gasteiger partial charge in [0.05, 0.1) is 24.1 Å². The van der Waals surface area contributed by atoms with Gasteiger partial charge < -0.3 is 20.4 Å². The maximum absolute atomic E-state index is 12.3. The number of amides is 1. The van der Waals surface area contributed by atoms with Crippen LogP contribution in [0.3, 0.4) is 0 Å². The SMILES string of the molecule is CC1(C)[C@@H]2C[C@H]3OB([C@H](CN)NC(=O)Cc4cccs4)O[C@@]3(C)[C@H]1C2. The molecule has 1 aliphatic heterocycles. The minimum Gasteiger partial charge on any atom is -0.404 e. The molecule has 25 heavy (non-hydrogen) atoms. The van der Waals surface area contributed by atoms with Gasteiger partial charge in [-0.2, -0.15) is 0 Å². The van der Waals surface area contributed by atoms with E-state index in [-0.39, 0.29) is 23.6 Å². The topological polar surface area (TPSA) is 73.6 Å². The van der Waals surface area contributed by atoms with E-state index in [9.17, 15) is 4.79 Å². The summed E-state index contributed by atoms with van der Waals surface area (Å²) >= 11 is 1.58. The van der Waals surface area contributed by atoms with Crippen molar-refractivity contribution in [2.45, 2.75) is 57.7 Å². The Morgan fingerprint density at radius 1 is 1.48 bits per heavy atom. The molecule has 2 heterocycles. The molecule has 4 aliphatic rings. The molecule has 5 atom stereocenters. The van der Waals surface area contributed by atoms with Crippen LogP contribution in [0.25, 0.3) is 0 Å². The third-order valence-corrected chi connectivity index (χ3v) is 7.69. The number of thiophene rings is 1. The number of nitrogens with one attached hydrogen (secondary N) is 1. The lowest BCUT2D eigenvalue weighted by atomic mass is 9.43. The fraction of sp³-hybridized carbons (Fsp3) is 0.722. The average molecular weight is 362 g/mol. The van der Waals surface area contributed by atoms with Gasteiger partial charge in [-0.15, -0.1) is 11.3 Å².